The number of rotatable bonds is 3. The maximum Gasteiger partial charge on any atom is 0.343 e. The first-order valence-electron chi connectivity index (χ1n) is 8.20. The van der Waals surface area contributed by atoms with E-state index < -0.39 is 35.9 Å². The molecule has 2 aromatic rings. The average molecular weight is 391 g/mol. The van der Waals surface area contributed by atoms with Gasteiger partial charge >= 0.3 is 5.97 Å². The second-order valence-electron chi connectivity index (χ2n) is 6.06. The van der Waals surface area contributed by atoms with Crippen LogP contribution in [0, 0.1) is 5.82 Å². The summed E-state index contributed by atoms with van der Waals surface area (Å²) in [5.41, 5.74) is 0.567. The standard InChI is InChI=1S/C19H16ClFN2O4/c1-11-9-16(24)22-14-7-2-3-8-15(14)23(11)17(25)10-27-19(26)18-12(20)5-4-6-13(18)21/h2-8,11H,9-10H2,1H3,(H,22,24)/t11-/m0/s1. The Hall–Kier alpha value is -2.93. The number of halogens is 2. The summed E-state index contributed by atoms with van der Waals surface area (Å²) in [5.74, 6) is -2.62. The van der Waals surface area contributed by atoms with Crippen LogP contribution in [-0.2, 0) is 14.3 Å². The molecule has 0 unspecified atom stereocenters. The topological polar surface area (TPSA) is 75.7 Å². The van der Waals surface area contributed by atoms with Gasteiger partial charge in [0.15, 0.2) is 6.61 Å². The number of hydrogen-bond acceptors (Lipinski definition) is 4. The van der Waals surface area contributed by atoms with Crippen molar-refractivity contribution in [2.24, 2.45) is 0 Å². The molecule has 0 aromatic heterocycles. The average Bonchev–Trinajstić information content (AvgIpc) is 2.73. The van der Waals surface area contributed by atoms with E-state index in [2.05, 4.69) is 5.32 Å². The van der Waals surface area contributed by atoms with Gasteiger partial charge in [-0.3, -0.25) is 9.59 Å². The van der Waals surface area contributed by atoms with Crippen molar-refractivity contribution >= 4 is 40.8 Å². The molecule has 3 rings (SSSR count). The normalized spacial score (nSPS) is 16.2. The first kappa shape index (κ1) is 18.8. The highest BCUT2D eigenvalue weighted by molar-refractivity contribution is 6.33. The van der Waals surface area contributed by atoms with Gasteiger partial charge in [-0.2, -0.15) is 0 Å². The summed E-state index contributed by atoms with van der Waals surface area (Å²) in [4.78, 5) is 38.2. The molecule has 0 spiro atoms. The van der Waals surface area contributed by atoms with Crippen LogP contribution in [0.2, 0.25) is 5.02 Å². The molecular formula is C19H16ClFN2O4. The maximum atomic E-state index is 13.8. The number of fused-ring (bicyclic) bond motifs is 1. The van der Waals surface area contributed by atoms with Gasteiger partial charge in [0.05, 0.1) is 16.4 Å². The van der Waals surface area contributed by atoms with Gasteiger partial charge in [0.25, 0.3) is 5.91 Å². The molecule has 0 saturated carbocycles. The van der Waals surface area contributed by atoms with Gasteiger partial charge in [-0.05, 0) is 31.2 Å². The highest BCUT2D eigenvalue weighted by Gasteiger charge is 2.30. The van der Waals surface area contributed by atoms with E-state index in [4.69, 9.17) is 16.3 Å². The minimum absolute atomic E-state index is 0.0908. The van der Waals surface area contributed by atoms with Crippen molar-refractivity contribution in [2.75, 3.05) is 16.8 Å². The quantitative estimate of drug-likeness (QED) is 0.815. The summed E-state index contributed by atoms with van der Waals surface area (Å²) in [6.45, 7) is 1.10. The van der Waals surface area contributed by atoms with Crippen LogP contribution in [0.15, 0.2) is 42.5 Å². The van der Waals surface area contributed by atoms with Gasteiger partial charge in [-0.15, -0.1) is 0 Å². The number of esters is 1. The molecule has 0 fully saturated rings. The molecule has 2 amide bonds. The maximum absolute atomic E-state index is 13.8. The van der Waals surface area contributed by atoms with Crippen LogP contribution in [0.25, 0.3) is 0 Å². The molecule has 1 N–H and O–H groups in total. The van der Waals surface area contributed by atoms with Gasteiger partial charge in [-0.1, -0.05) is 29.8 Å². The number of carbonyl (C=O) groups is 3. The number of benzene rings is 2. The molecule has 1 aliphatic heterocycles. The first-order valence-corrected chi connectivity index (χ1v) is 8.58. The van der Waals surface area contributed by atoms with Gasteiger partial charge in [0.2, 0.25) is 5.91 Å². The number of carbonyl (C=O) groups excluding carboxylic acids is 3. The molecule has 27 heavy (non-hydrogen) atoms. The summed E-state index contributed by atoms with van der Waals surface area (Å²) in [7, 11) is 0. The molecule has 2 aromatic carbocycles. The first-order chi connectivity index (χ1) is 12.9. The van der Waals surface area contributed by atoms with Crippen molar-refractivity contribution in [2.45, 2.75) is 19.4 Å². The molecule has 140 valence electrons. The lowest BCUT2D eigenvalue weighted by Gasteiger charge is -2.27. The highest BCUT2D eigenvalue weighted by Crippen LogP contribution is 2.31. The van der Waals surface area contributed by atoms with E-state index in [1.165, 1.54) is 17.0 Å². The van der Waals surface area contributed by atoms with Crippen molar-refractivity contribution < 1.29 is 23.5 Å². The molecule has 0 saturated heterocycles. The lowest BCUT2D eigenvalue weighted by atomic mass is 10.1. The predicted octanol–water partition coefficient (Wildman–Crippen LogP) is 3.40. The van der Waals surface area contributed by atoms with Gasteiger partial charge in [0.1, 0.15) is 11.4 Å². The Balaban J connectivity index is 1.79. The minimum Gasteiger partial charge on any atom is -0.452 e. The Morgan fingerprint density at radius 2 is 2.00 bits per heavy atom. The summed E-state index contributed by atoms with van der Waals surface area (Å²) < 4.78 is 18.8. The zero-order valence-corrected chi connectivity index (χ0v) is 15.1. The Morgan fingerprint density at radius 1 is 1.26 bits per heavy atom. The summed E-state index contributed by atoms with van der Waals surface area (Å²) in [6, 6.07) is 10.2. The van der Waals surface area contributed by atoms with Crippen molar-refractivity contribution in [3.63, 3.8) is 0 Å². The number of amides is 2. The second-order valence-corrected chi connectivity index (χ2v) is 6.46. The van der Waals surface area contributed by atoms with E-state index >= 15 is 0 Å². The number of nitrogens with zero attached hydrogens (tertiary/aromatic N) is 1. The van der Waals surface area contributed by atoms with Crippen LogP contribution in [0.4, 0.5) is 15.8 Å². The van der Waals surface area contributed by atoms with Gasteiger partial charge in [-0.25, -0.2) is 9.18 Å². The molecular weight excluding hydrogens is 375 g/mol. The summed E-state index contributed by atoms with van der Waals surface area (Å²) >= 11 is 5.83. The summed E-state index contributed by atoms with van der Waals surface area (Å²) in [5, 5.41) is 2.63. The Labute approximate surface area is 159 Å². The number of para-hydroxylation sites is 2. The molecule has 0 bridgehead atoms. The third-order valence-electron chi connectivity index (χ3n) is 4.12. The van der Waals surface area contributed by atoms with Crippen molar-refractivity contribution in [3.8, 4) is 0 Å². The van der Waals surface area contributed by atoms with Gasteiger partial charge in [0, 0.05) is 12.5 Å². The zero-order valence-electron chi connectivity index (χ0n) is 14.4. The number of anilines is 2. The van der Waals surface area contributed by atoms with Crippen LogP contribution in [0.3, 0.4) is 0 Å². The van der Waals surface area contributed by atoms with E-state index in [0.717, 1.165) is 6.07 Å². The third kappa shape index (κ3) is 3.93. The van der Waals surface area contributed by atoms with E-state index in [-0.39, 0.29) is 17.4 Å². The molecule has 6 nitrogen and oxygen atoms in total. The fourth-order valence-corrected chi connectivity index (χ4v) is 3.17. The number of nitrogens with one attached hydrogen (secondary N) is 1. The molecule has 0 aliphatic carbocycles. The molecule has 8 heteroatoms. The summed E-state index contributed by atoms with van der Waals surface area (Å²) in [6.07, 6.45) is 0.0908. The Kier molecular flexibility index (Phi) is 5.41. The van der Waals surface area contributed by atoms with Crippen LogP contribution in [0.5, 0.6) is 0 Å². The fraction of sp³-hybridized carbons (Fsp3) is 0.211. The highest BCUT2D eigenvalue weighted by atomic mass is 35.5. The van der Waals surface area contributed by atoms with E-state index in [1.807, 2.05) is 0 Å². The monoisotopic (exact) mass is 390 g/mol. The number of hydrogen-bond donors (Lipinski definition) is 1. The fourth-order valence-electron chi connectivity index (χ4n) is 2.93. The second kappa shape index (κ2) is 7.75. The van der Waals surface area contributed by atoms with Crippen LogP contribution >= 0.6 is 11.6 Å². The zero-order chi connectivity index (χ0) is 19.6. The Morgan fingerprint density at radius 3 is 2.74 bits per heavy atom. The van der Waals surface area contributed by atoms with E-state index in [1.54, 1.807) is 31.2 Å². The molecule has 1 heterocycles. The van der Waals surface area contributed by atoms with Crippen molar-refractivity contribution in [3.05, 3.63) is 58.9 Å². The number of ether oxygens (including phenoxy) is 1. The Bertz CT molecular complexity index is 898. The van der Waals surface area contributed by atoms with Crippen LogP contribution in [-0.4, -0.2) is 30.4 Å². The lowest BCUT2D eigenvalue weighted by molar-refractivity contribution is -0.122. The van der Waals surface area contributed by atoms with Crippen molar-refractivity contribution in [1.29, 1.82) is 0 Å². The lowest BCUT2D eigenvalue weighted by Crippen LogP contribution is -2.41. The minimum atomic E-state index is -1.03. The van der Waals surface area contributed by atoms with Gasteiger partial charge < -0.3 is 15.0 Å². The molecule has 1 atom stereocenters. The molecule has 1 aliphatic rings. The van der Waals surface area contributed by atoms with E-state index in [0.29, 0.717) is 11.4 Å². The van der Waals surface area contributed by atoms with Crippen molar-refractivity contribution in [1.82, 2.24) is 0 Å². The third-order valence-corrected chi connectivity index (χ3v) is 4.44. The predicted molar refractivity (Wildman–Crippen MR) is 98.3 cm³/mol. The van der Waals surface area contributed by atoms with E-state index in [9.17, 15) is 18.8 Å². The molecule has 0 radical (unpaired) electrons. The SMILES string of the molecule is C[C@H]1CC(=O)Nc2ccccc2N1C(=O)COC(=O)c1c(F)cccc1Cl. The smallest absolute Gasteiger partial charge is 0.343 e. The largest absolute Gasteiger partial charge is 0.452 e. The van der Waals surface area contributed by atoms with Crippen LogP contribution in [0.1, 0.15) is 23.7 Å². The van der Waals surface area contributed by atoms with Crippen LogP contribution < -0.4 is 10.2 Å².